The molecule has 2 aromatic carbocycles. The van der Waals surface area contributed by atoms with E-state index in [1.165, 1.54) is 16.7 Å². The number of hydrogen-bond acceptors (Lipinski definition) is 5. The van der Waals surface area contributed by atoms with E-state index in [0.717, 1.165) is 5.56 Å². The quantitative estimate of drug-likeness (QED) is 0.480. The van der Waals surface area contributed by atoms with Crippen LogP contribution in [0.2, 0.25) is 5.02 Å². The summed E-state index contributed by atoms with van der Waals surface area (Å²) in [6.07, 6.45) is 2.52. The molecule has 150 valence electrons. The second-order valence-corrected chi connectivity index (χ2v) is 8.32. The lowest BCUT2D eigenvalue weighted by Crippen LogP contribution is -2.29. The molecule has 2 aromatic rings. The Morgan fingerprint density at radius 3 is 2.83 bits per heavy atom. The number of methoxy groups -OCH3 is 1. The summed E-state index contributed by atoms with van der Waals surface area (Å²) in [6.45, 7) is 0.385. The number of hydrogen-bond donors (Lipinski definition) is 1. The highest BCUT2D eigenvalue weighted by atomic mass is 35.5. The summed E-state index contributed by atoms with van der Waals surface area (Å²) in [4.78, 5) is 26.9. The molecule has 29 heavy (non-hydrogen) atoms. The molecule has 1 heterocycles. The van der Waals surface area contributed by atoms with E-state index in [-0.39, 0.29) is 18.2 Å². The Morgan fingerprint density at radius 2 is 2.07 bits per heavy atom. The third-order valence-electron chi connectivity index (χ3n) is 4.20. The van der Waals surface area contributed by atoms with Crippen LogP contribution in [-0.2, 0) is 9.59 Å². The van der Waals surface area contributed by atoms with Crippen molar-refractivity contribution in [2.24, 2.45) is 0 Å². The van der Waals surface area contributed by atoms with Crippen molar-refractivity contribution in [2.75, 3.05) is 19.0 Å². The normalized spacial score (nSPS) is 15.1. The van der Waals surface area contributed by atoms with E-state index in [9.17, 15) is 9.59 Å². The standard InChI is InChI=1S/C21H19ClN2O3S2/c1-27-16-8-4-7-15(13-16)23-19(25)10-5-11-24-20(26)18(29-21(24)28)12-14-6-2-3-9-17(14)22/h2-4,6-9,12-13H,5,10-11H2,1H3,(H,23,25)/b18-12-. The smallest absolute Gasteiger partial charge is 0.266 e. The fraction of sp³-hybridized carbons (Fsp3) is 0.190. The first-order valence-electron chi connectivity index (χ1n) is 8.92. The lowest BCUT2D eigenvalue weighted by atomic mass is 10.2. The van der Waals surface area contributed by atoms with E-state index in [4.69, 9.17) is 28.6 Å². The number of carbonyl (C=O) groups is 2. The van der Waals surface area contributed by atoms with Gasteiger partial charge in [-0.05, 0) is 36.3 Å². The van der Waals surface area contributed by atoms with E-state index in [1.54, 1.807) is 43.5 Å². The third kappa shape index (κ3) is 5.59. The molecule has 0 unspecified atom stereocenters. The number of amides is 2. The number of halogens is 1. The number of carbonyl (C=O) groups excluding carboxylic acids is 2. The van der Waals surface area contributed by atoms with Gasteiger partial charge in [-0.3, -0.25) is 14.5 Å². The molecule has 5 nitrogen and oxygen atoms in total. The molecule has 1 saturated heterocycles. The zero-order valence-corrected chi connectivity index (χ0v) is 18.1. The van der Waals surface area contributed by atoms with Gasteiger partial charge < -0.3 is 10.1 Å². The Bertz CT molecular complexity index is 978. The van der Waals surface area contributed by atoms with Crippen LogP contribution in [0, 0.1) is 0 Å². The minimum atomic E-state index is -0.159. The highest BCUT2D eigenvalue weighted by Crippen LogP contribution is 2.33. The Kier molecular flexibility index (Phi) is 7.30. The zero-order valence-electron chi connectivity index (χ0n) is 15.7. The van der Waals surface area contributed by atoms with E-state index in [1.807, 2.05) is 18.2 Å². The molecule has 0 spiro atoms. The maximum atomic E-state index is 12.7. The largest absolute Gasteiger partial charge is 0.497 e. The predicted molar refractivity (Wildman–Crippen MR) is 122 cm³/mol. The van der Waals surface area contributed by atoms with Crippen LogP contribution in [0.5, 0.6) is 5.75 Å². The molecule has 8 heteroatoms. The van der Waals surface area contributed by atoms with Gasteiger partial charge in [-0.15, -0.1) is 0 Å². The predicted octanol–water partition coefficient (Wildman–Crippen LogP) is 4.97. The van der Waals surface area contributed by atoms with Crippen molar-refractivity contribution in [2.45, 2.75) is 12.8 Å². The second-order valence-electron chi connectivity index (χ2n) is 6.24. The van der Waals surface area contributed by atoms with E-state index < -0.39 is 0 Å². The number of ether oxygens (including phenoxy) is 1. The average Bonchev–Trinajstić information content (AvgIpc) is 2.97. The summed E-state index contributed by atoms with van der Waals surface area (Å²) < 4.78 is 5.63. The minimum absolute atomic E-state index is 0.129. The Morgan fingerprint density at radius 1 is 1.28 bits per heavy atom. The van der Waals surface area contributed by atoms with Gasteiger partial charge in [0.05, 0.1) is 12.0 Å². The molecule has 1 aliphatic rings. The van der Waals surface area contributed by atoms with Crippen molar-refractivity contribution < 1.29 is 14.3 Å². The molecule has 1 aliphatic heterocycles. The van der Waals surface area contributed by atoms with Crippen LogP contribution in [0.3, 0.4) is 0 Å². The van der Waals surface area contributed by atoms with Crippen molar-refractivity contribution in [3.05, 3.63) is 64.0 Å². The SMILES string of the molecule is COc1cccc(NC(=O)CCCN2C(=O)/C(=C/c3ccccc3Cl)SC2=S)c1. The zero-order chi connectivity index (χ0) is 20.8. The average molecular weight is 447 g/mol. The Balaban J connectivity index is 1.54. The highest BCUT2D eigenvalue weighted by molar-refractivity contribution is 8.26. The van der Waals surface area contributed by atoms with Crippen LogP contribution >= 0.6 is 35.6 Å². The van der Waals surface area contributed by atoms with Crippen LogP contribution in [0.25, 0.3) is 6.08 Å². The second kappa shape index (κ2) is 9.91. The molecule has 0 aromatic heterocycles. The lowest BCUT2D eigenvalue weighted by molar-refractivity contribution is -0.122. The molecular formula is C21H19ClN2O3S2. The molecule has 1 N–H and O–H groups in total. The first-order chi connectivity index (χ1) is 14.0. The number of thiocarbonyl (C=S) groups is 1. The molecule has 2 amide bonds. The maximum Gasteiger partial charge on any atom is 0.266 e. The van der Waals surface area contributed by atoms with Gasteiger partial charge in [-0.25, -0.2) is 0 Å². The first-order valence-corrected chi connectivity index (χ1v) is 10.5. The first kappa shape index (κ1) is 21.4. The summed E-state index contributed by atoms with van der Waals surface area (Å²) in [6, 6.07) is 14.5. The number of rotatable bonds is 7. The fourth-order valence-electron chi connectivity index (χ4n) is 2.75. The van der Waals surface area contributed by atoms with E-state index >= 15 is 0 Å². The van der Waals surface area contributed by atoms with Crippen LogP contribution in [0.4, 0.5) is 5.69 Å². The van der Waals surface area contributed by atoms with Gasteiger partial charge in [0.25, 0.3) is 5.91 Å². The number of nitrogens with one attached hydrogen (secondary N) is 1. The van der Waals surface area contributed by atoms with Crippen molar-refractivity contribution >= 4 is 63.5 Å². The molecule has 0 aliphatic carbocycles. The van der Waals surface area contributed by atoms with Gasteiger partial charge in [0.1, 0.15) is 10.1 Å². The topological polar surface area (TPSA) is 58.6 Å². The summed E-state index contributed by atoms with van der Waals surface area (Å²) in [5.41, 5.74) is 1.44. The maximum absolute atomic E-state index is 12.7. The number of anilines is 1. The molecule has 0 radical (unpaired) electrons. The summed E-state index contributed by atoms with van der Waals surface area (Å²) in [5, 5.41) is 3.40. The molecule has 0 atom stereocenters. The molecule has 3 rings (SSSR count). The monoisotopic (exact) mass is 446 g/mol. The number of benzene rings is 2. The lowest BCUT2D eigenvalue weighted by Gasteiger charge is -2.14. The number of nitrogens with zero attached hydrogens (tertiary/aromatic N) is 1. The highest BCUT2D eigenvalue weighted by Gasteiger charge is 2.31. The third-order valence-corrected chi connectivity index (χ3v) is 5.93. The summed E-state index contributed by atoms with van der Waals surface area (Å²) in [5.74, 6) is 0.383. The molecule has 0 saturated carbocycles. The molecule has 1 fully saturated rings. The Labute approximate surface area is 184 Å². The van der Waals surface area contributed by atoms with Gasteiger partial charge in [-0.2, -0.15) is 0 Å². The minimum Gasteiger partial charge on any atom is -0.497 e. The van der Waals surface area contributed by atoms with Crippen molar-refractivity contribution in [1.82, 2.24) is 4.90 Å². The van der Waals surface area contributed by atoms with Crippen LogP contribution in [0.15, 0.2) is 53.4 Å². The van der Waals surface area contributed by atoms with Crippen LogP contribution in [-0.4, -0.2) is 34.7 Å². The molecule has 0 bridgehead atoms. The fourth-order valence-corrected chi connectivity index (χ4v) is 4.24. The Hall–Kier alpha value is -2.35. The van der Waals surface area contributed by atoms with Gasteiger partial charge >= 0.3 is 0 Å². The van der Waals surface area contributed by atoms with Gasteiger partial charge in [0.15, 0.2) is 0 Å². The summed E-state index contributed by atoms with van der Waals surface area (Å²) >= 11 is 12.7. The van der Waals surface area contributed by atoms with Crippen molar-refractivity contribution in [3.63, 3.8) is 0 Å². The van der Waals surface area contributed by atoms with Gasteiger partial charge in [-0.1, -0.05) is 59.8 Å². The molecular weight excluding hydrogens is 428 g/mol. The van der Waals surface area contributed by atoms with E-state index in [2.05, 4.69) is 5.32 Å². The van der Waals surface area contributed by atoms with Gasteiger partial charge in [0.2, 0.25) is 5.91 Å². The van der Waals surface area contributed by atoms with Crippen molar-refractivity contribution in [1.29, 1.82) is 0 Å². The van der Waals surface area contributed by atoms with E-state index in [0.29, 0.717) is 38.7 Å². The number of thioether (sulfide) groups is 1. The van der Waals surface area contributed by atoms with Crippen molar-refractivity contribution in [3.8, 4) is 5.75 Å². The van der Waals surface area contributed by atoms with Crippen LogP contribution < -0.4 is 10.1 Å². The summed E-state index contributed by atoms with van der Waals surface area (Å²) in [7, 11) is 1.57. The van der Waals surface area contributed by atoms with Crippen LogP contribution in [0.1, 0.15) is 18.4 Å². The van der Waals surface area contributed by atoms with Gasteiger partial charge in [0, 0.05) is 29.7 Å².